The summed E-state index contributed by atoms with van der Waals surface area (Å²) in [5.74, 6) is 0. The largest absolute Gasteiger partial charge is 0.509 e. The third-order valence-corrected chi connectivity index (χ3v) is 1.71. The molecule has 1 rings (SSSR count). The molecule has 0 N–H and O–H groups in total. The molecule has 0 aliphatic carbocycles. The highest BCUT2D eigenvalue weighted by Gasteiger charge is 2.34. The first kappa shape index (κ1) is 8.84. The number of cyclic esters (lactones) is 2. The van der Waals surface area contributed by atoms with E-state index in [4.69, 9.17) is 9.47 Å². The highest BCUT2D eigenvalue weighted by Crippen LogP contribution is 2.21. The number of carbonyl (C=O) groups excluding carboxylic acids is 1. The monoisotopic (exact) mass is 168 g/mol. The van der Waals surface area contributed by atoms with Crippen LogP contribution in [0.2, 0.25) is 0 Å². The normalized spacial score (nSPS) is 27.5. The predicted molar refractivity (Wildman–Crippen MR) is 44.8 cm³/mol. The van der Waals surface area contributed by atoms with Gasteiger partial charge in [-0.05, 0) is 0 Å². The fraction of sp³-hybridized carbons (Fsp3) is 0.444. The molecule has 3 heteroatoms. The van der Waals surface area contributed by atoms with E-state index in [-0.39, 0.29) is 12.2 Å². The lowest BCUT2D eigenvalue weighted by molar-refractivity contribution is 0.116. The van der Waals surface area contributed by atoms with Crippen molar-refractivity contribution in [3.63, 3.8) is 0 Å². The first-order chi connectivity index (χ1) is 5.77. The van der Waals surface area contributed by atoms with Gasteiger partial charge in [-0.3, -0.25) is 0 Å². The number of hydrogen-bond donors (Lipinski definition) is 0. The molecule has 12 heavy (non-hydrogen) atoms. The highest BCUT2D eigenvalue weighted by atomic mass is 16.8. The second kappa shape index (κ2) is 3.95. The van der Waals surface area contributed by atoms with Gasteiger partial charge < -0.3 is 9.47 Å². The lowest BCUT2D eigenvalue weighted by Crippen LogP contribution is -2.20. The molecule has 0 bridgehead atoms. The van der Waals surface area contributed by atoms with E-state index < -0.39 is 6.16 Å². The van der Waals surface area contributed by atoms with Gasteiger partial charge >= 0.3 is 6.16 Å². The molecular weight excluding hydrogens is 156 g/mol. The average molecular weight is 168 g/mol. The summed E-state index contributed by atoms with van der Waals surface area (Å²) in [7, 11) is 0. The van der Waals surface area contributed by atoms with Crippen LogP contribution in [-0.2, 0) is 9.47 Å². The Hall–Kier alpha value is -1.25. The molecular formula is C9H12O3. The smallest absolute Gasteiger partial charge is 0.427 e. The molecule has 3 nitrogen and oxygen atoms in total. The van der Waals surface area contributed by atoms with E-state index in [9.17, 15) is 4.79 Å². The SMILES string of the molecule is C=CC[C@@H]1OC(=O)O[C@H]1CC=C. The standard InChI is InChI=1S/C9H12O3/c1-3-5-7-8(6-4-2)12-9(10)11-7/h3-4,7-8H,1-2,5-6H2/t7-,8-/m0/s1. The molecule has 2 atom stereocenters. The molecule has 0 aromatic rings. The van der Waals surface area contributed by atoms with E-state index in [2.05, 4.69) is 13.2 Å². The van der Waals surface area contributed by atoms with Crippen molar-refractivity contribution in [1.29, 1.82) is 0 Å². The molecule has 1 aliphatic heterocycles. The first-order valence-electron chi connectivity index (χ1n) is 3.87. The number of hydrogen-bond acceptors (Lipinski definition) is 3. The molecule has 1 fully saturated rings. The fourth-order valence-electron chi connectivity index (χ4n) is 1.16. The molecule has 0 aromatic carbocycles. The molecule has 1 saturated heterocycles. The van der Waals surface area contributed by atoms with Crippen LogP contribution in [0.3, 0.4) is 0 Å². The van der Waals surface area contributed by atoms with Gasteiger partial charge in [0.2, 0.25) is 0 Å². The summed E-state index contributed by atoms with van der Waals surface area (Å²) < 4.78 is 9.77. The van der Waals surface area contributed by atoms with Crippen molar-refractivity contribution in [2.75, 3.05) is 0 Å². The van der Waals surface area contributed by atoms with Gasteiger partial charge in [0, 0.05) is 12.8 Å². The van der Waals surface area contributed by atoms with Crippen molar-refractivity contribution in [3.8, 4) is 0 Å². The van der Waals surface area contributed by atoms with E-state index in [1.165, 1.54) is 0 Å². The predicted octanol–water partition coefficient (Wildman–Crippen LogP) is 2.04. The topological polar surface area (TPSA) is 35.5 Å². The van der Waals surface area contributed by atoms with Crippen LogP contribution in [0.1, 0.15) is 12.8 Å². The van der Waals surface area contributed by atoms with E-state index in [0.29, 0.717) is 12.8 Å². The van der Waals surface area contributed by atoms with Crippen LogP contribution in [0.4, 0.5) is 4.79 Å². The van der Waals surface area contributed by atoms with Crippen molar-refractivity contribution in [1.82, 2.24) is 0 Å². The van der Waals surface area contributed by atoms with Crippen molar-refractivity contribution in [3.05, 3.63) is 25.3 Å². The molecule has 0 aromatic heterocycles. The molecule has 0 saturated carbocycles. The lowest BCUT2D eigenvalue weighted by Gasteiger charge is -2.10. The van der Waals surface area contributed by atoms with Crippen molar-refractivity contribution < 1.29 is 14.3 Å². The second-order valence-corrected chi connectivity index (χ2v) is 2.61. The van der Waals surface area contributed by atoms with Crippen molar-refractivity contribution >= 4 is 6.16 Å². The summed E-state index contributed by atoms with van der Waals surface area (Å²) >= 11 is 0. The fourth-order valence-corrected chi connectivity index (χ4v) is 1.16. The Balaban J connectivity index is 2.51. The van der Waals surface area contributed by atoms with Gasteiger partial charge in [-0.1, -0.05) is 12.2 Å². The zero-order valence-corrected chi connectivity index (χ0v) is 6.86. The summed E-state index contributed by atoms with van der Waals surface area (Å²) in [4.78, 5) is 10.7. The molecule has 66 valence electrons. The molecule has 1 aliphatic rings. The van der Waals surface area contributed by atoms with Gasteiger partial charge in [-0.15, -0.1) is 13.2 Å². The van der Waals surface area contributed by atoms with Crippen LogP contribution in [-0.4, -0.2) is 18.4 Å². The van der Waals surface area contributed by atoms with E-state index in [1.807, 2.05) is 0 Å². The first-order valence-corrected chi connectivity index (χ1v) is 3.87. The quantitative estimate of drug-likeness (QED) is 0.476. The maximum atomic E-state index is 10.7. The Bertz CT molecular complexity index is 178. The Labute approximate surface area is 71.7 Å². The van der Waals surface area contributed by atoms with Crippen LogP contribution in [0.15, 0.2) is 25.3 Å². The Morgan fingerprint density at radius 3 is 1.92 bits per heavy atom. The minimum absolute atomic E-state index is 0.187. The van der Waals surface area contributed by atoms with Crippen molar-refractivity contribution in [2.45, 2.75) is 25.0 Å². The third-order valence-electron chi connectivity index (χ3n) is 1.71. The van der Waals surface area contributed by atoms with Crippen LogP contribution in [0.5, 0.6) is 0 Å². The zero-order chi connectivity index (χ0) is 8.97. The van der Waals surface area contributed by atoms with Crippen LogP contribution in [0.25, 0.3) is 0 Å². The maximum absolute atomic E-state index is 10.7. The third kappa shape index (κ3) is 1.87. The molecule has 0 spiro atoms. The number of rotatable bonds is 4. The average Bonchev–Trinajstić information content (AvgIpc) is 2.33. The van der Waals surface area contributed by atoms with E-state index in [1.54, 1.807) is 12.2 Å². The minimum atomic E-state index is -0.589. The number of ether oxygens (including phenoxy) is 2. The Kier molecular flexibility index (Phi) is 2.91. The molecule has 0 amide bonds. The number of carbonyl (C=O) groups is 1. The summed E-state index contributed by atoms with van der Waals surface area (Å²) in [6.07, 6.45) is 3.72. The highest BCUT2D eigenvalue weighted by molar-refractivity contribution is 5.62. The van der Waals surface area contributed by atoms with Gasteiger partial charge in [-0.2, -0.15) is 0 Å². The zero-order valence-electron chi connectivity index (χ0n) is 6.86. The summed E-state index contributed by atoms with van der Waals surface area (Å²) in [5, 5.41) is 0. The second-order valence-electron chi connectivity index (χ2n) is 2.61. The Morgan fingerprint density at radius 2 is 1.58 bits per heavy atom. The summed E-state index contributed by atoms with van der Waals surface area (Å²) in [5.41, 5.74) is 0. The molecule has 1 heterocycles. The maximum Gasteiger partial charge on any atom is 0.509 e. The van der Waals surface area contributed by atoms with Crippen molar-refractivity contribution in [2.24, 2.45) is 0 Å². The van der Waals surface area contributed by atoms with Gasteiger partial charge in [0.25, 0.3) is 0 Å². The summed E-state index contributed by atoms with van der Waals surface area (Å²) in [6.45, 7) is 7.14. The summed E-state index contributed by atoms with van der Waals surface area (Å²) in [6, 6.07) is 0. The van der Waals surface area contributed by atoms with E-state index >= 15 is 0 Å². The van der Waals surface area contributed by atoms with E-state index in [0.717, 1.165) is 0 Å². The van der Waals surface area contributed by atoms with Gasteiger partial charge in [0.1, 0.15) is 12.2 Å². The van der Waals surface area contributed by atoms with Crippen LogP contribution >= 0.6 is 0 Å². The van der Waals surface area contributed by atoms with Crippen LogP contribution in [0, 0.1) is 0 Å². The molecule has 0 radical (unpaired) electrons. The van der Waals surface area contributed by atoms with Gasteiger partial charge in [0.05, 0.1) is 0 Å². The minimum Gasteiger partial charge on any atom is -0.427 e. The lowest BCUT2D eigenvalue weighted by atomic mass is 10.1. The Morgan fingerprint density at radius 1 is 1.17 bits per heavy atom. The molecule has 0 unspecified atom stereocenters. The van der Waals surface area contributed by atoms with Crippen LogP contribution < -0.4 is 0 Å². The van der Waals surface area contributed by atoms with Gasteiger partial charge in [-0.25, -0.2) is 4.79 Å². The van der Waals surface area contributed by atoms with Gasteiger partial charge in [0.15, 0.2) is 0 Å².